The van der Waals surface area contributed by atoms with E-state index in [-0.39, 0.29) is 36.5 Å². The monoisotopic (exact) mass is 364 g/mol. The molecule has 1 atom stereocenters. The fourth-order valence-corrected chi connectivity index (χ4v) is 3.41. The molecule has 1 aromatic carbocycles. The summed E-state index contributed by atoms with van der Waals surface area (Å²) in [6.07, 6.45) is 6.43. The van der Waals surface area contributed by atoms with Crippen LogP contribution in [0.15, 0.2) is 42.9 Å². The van der Waals surface area contributed by atoms with E-state index in [2.05, 4.69) is 25.3 Å². The van der Waals surface area contributed by atoms with Gasteiger partial charge in [-0.1, -0.05) is 12.1 Å². The van der Waals surface area contributed by atoms with Gasteiger partial charge < -0.3 is 15.2 Å². The third kappa shape index (κ3) is 3.64. The van der Waals surface area contributed by atoms with E-state index in [0.29, 0.717) is 6.54 Å². The molecule has 0 aliphatic carbocycles. The summed E-state index contributed by atoms with van der Waals surface area (Å²) in [5.41, 5.74) is 2.12. The number of likely N-dealkylation sites (tertiary alicyclic amines) is 1. The van der Waals surface area contributed by atoms with Crippen molar-refractivity contribution in [2.24, 2.45) is 0 Å². The highest BCUT2D eigenvalue weighted by molar-refractivity contribution is 5.92. The molecule has 0 spiro atoms. The van der Waals surface area contributed by atoms with Crippen LogP contribution in [0.3, 0.4) is 0 Å². The van der Waals surface area contributed by atoms with Crippen LogP contribution in [0.1, 0.15) is 41.6 Å². The van der Waals surface area contributed by atoms with Crippen molar-refractivity contribution in [2.75, 3.05) is 13.1 Å². The van der Waals surface area contributed by atoms with E-state index in [4.69, 9.17) is 0 Å². The predicted octanol–water partition coefficient (Wildman–Crippen LogP) is 1.84. The van der Waals surface area contributed by atoms with E-state index >= 15 is 0 Å². The van der Waals surface area contributed by atoms with Crippen molar-refractivity contribution >= 4 is 22.8 Å². The number of benzene rings is 1. The highest BCUT2D eigenvalue weighted by atomic mass is 16.2. The Balaban J connectivity index is 1.37. The van der Waals surface area contributed by atoms with Crippen LogP contribution in [-0.4, -0.2) is 49.7 Å². The van der Waals surface area contributed by atoms with Crippen LogP contribution in [0, 0.1) is 0 Å². The van der Waals surface area contributed by atoms with Crippen LogP contribution < -0.4 is 5.32 Å². The molecule has 1 fully saturated rings. The number of aromatic amines is 1. The molecule has 1 aliphatic rings. The zero-order valence-corrected chi connectivity index (χ0v) is 14.8. The van der Waals surface area contributed by atoms with Crippen molar-refractivity contribution in [2.45, 2.75) is 25.3 Å². The number of carbonyl (C=O) groups is 2. The van der Waals surface area contributed by atoms with Gasteiger partial charge in [-0.3, -0.25) is 14.6 Å². The van der Waals surface area contributed by atoms with Gasteiger partial charge in [0.2, 0.25) is 5.91 Å². The topological polar surface area (TPSA) is 104 Å². The molecule has 0 radical (unpaired) electrons. The lowest BCUT2D eigenvalue weighted by Crippen LogP contribution is -2.34. The molecule has 27 heavy (non-hydrogen) atoms. The second-order valence-corrected chi connectivity index (χ2v) is 6.48. The minimum Gasteiger partial charge on any atom is -0.350 e. The Morgan fingerprint density at radius 3 is 2.96 bits per heavy atom. The molecule has 0 bridgehead atoms. The number of para-hydroxylation sites is 2. The molecular weight excluding hydrogens is 344 g/mol. The molecule has 4 rings (SSSR count). The molecule has 138 valence electrons. The van der Waals surface area contributed by atoms with Gasteiger partial charge in [0.05, 0.1) is 23.3 Å². The van der Waals surface area contributed by atoms with Crippen LogP contribution >= 0.6 is 0 Å². The third-order valence-corrected chi connectivity index (χ3v) is 4.72. The maximum absolute atomic E-state index is 12.7. The van der Waals surface area contributed by atoms with Gasteiger partial charge in [0, 0.05) is 31.9 Å². The molecule has 3 heterocycles. The van der Waals surface area contributed by atoms with E-state index in [9.17, 15) is 9.59 Å². The fourth-order valence-electron chi connectivity index (χ4n) is 3.41. The summed E-state index contributed by atoms with van der Waals surface area (Å²) < 4.78 is 0. The Morgan fingerprint density at radius 1 is 1.26 bits per heavy atom. The van der Waals surface area contributed by atoms with Crippen LogP contribution in [0.4, 0.5) is 0 Å². The maximum Gasteiger partial charge on any atom is 0.271 e. The molecule has 8 nitrogen and oxygen atoms in total. The summed E-state index contributed by atoms with van der Waals surface area (Å²) in [6, 6.07) is 7.81. The van der Waals surface area contributed by atoms with Crippen LogP contribution in [0.25, 0.3) is 11.0 Å². The average molecular weight is 364 g/mol. The lowest BCUT2D eigenvalue weighted by Gasteiger charge is -2.23. The van der Waals surface area contributed by atoms with Crippen LogP contribution in [0.2, 0.25) is 0 Å². The third-order valence-electron chi connectivity index (χ3n) is 4.72. The van der Waals surface area contributed by atoms with Gasteiger partial charge in [-0.15, -0.1) is 0 Å². The second-order valence-electron chi connectivity index (χ2n) is 6.48. The fraction of sp³-hybridized carbons (Fsp3) is 0.316. The molecule has 1 unspecified atom stereocenters. The molecule has 2 aromatic heterocycles. The zero-order valence-electron chi connectivity index (χ0n) is 14.8. The molecule has 1 aliphatic heterocycles. The van der Waals surface area contributed by atoms with Crippen molar-refractivity contribution in [3.05, 3.63) is 54.4 Å². The Morgan fingerprint density at radius 2 is 2.15 bits per heavy atom. The van der Waals surface area contributed by atoms with Gasteiger partial charge in [-0.25, -0.2) is 9.97 Å². The first kappa shape index (κ1) is 17.1. The number of H-pyrrole nitrogens is 1. The number of carbonyl (C=O) groups excluding carboxylic acids is 2. The Labute approximate surface area is 156 Å². The van der Waals surface area contributed by atoms with Gasteiger partial charge in [0.15, 0.2) is 0 Å². The number of fused-ring (bicyclic) bond motifs is 1. The molecule has 2 N–H and O–H groups in total. The summed E-state index contributed by atoms with van der Waals surface area (Å²) in [5.74, 6) is 0.509. The number of nitrogens with zero attached hydrogens (tertiary/aromatic N) is 4. The largest absolute Gasteiger partial charge is 0.350 e. The number of aromatic nitrogens is 4. The number of imidazole rings is 1. The Hall–Kier alpha value is -3.29. The SMILES string of the molecule is O=C(NCCC(=O)N1CCCC1c1nc2ccccc2[nH]1)c1cnccn1. The highest BCUT2D eigenvalue weighted by Crippen LogP contribution is 2.31. The van der Waals surface area contributed by atoms with E-state index < -0.39 is 0 Å². The van der Waals surface area contributed by atoms with E-state index in [1.165, 1.54) is 18.6 Å². The summed E-state index contributed by atoms with van der Waals surface area (Å²) in [7, 11) is 0. The van der Waals surface area contributed by atoms with Gasteiger partial charge >= 0.3 is 0 Å². The van der Waals surface area contributed by atoms with Gasteiger partial charge in [0.25, 0.3) is 5.91 Å². The first-order chi connectivity index (χ1) is 13.2. The predicted molar refractivity (Wildman–Crippen MR) is 98.8 cm³/mol. The zero-order chi connectivity index (χ0) is 18.6. The van der Waals surface area contributed by atoms with Gasteiger partial charge in [0.1, 0.15) is 11.5 Å². The number of nitrogens with one attached hydrogen (secondary N) is 2. The first-order valence-electron chi connectivity index (χ1n) is 9.01. The molecule has 1 saturated heterocycles. The van der Waals surface area contributed by atoms with Crippen LogP contribution in [0.5, 0.6) is 0 Å². The maximum atomic E-state index is 12.7. The van der Waals surface area contributed by atoms with Crippen LogP contribution in [-0.2, 0) is 4.79 Å². The number of hydrogen-bond donors (Lipinski definition) is 2. The quantitative estimate of drug-likeness (QED) is 0.719. The molecular formula is C19H20N6O2. The second kappa shape index (κ2) is 7.53. The summed E-state index contributed by atoms with van der Waals surface area (Å²) in [4.78, 5) is 42.3. The molecule has 0 saturated carbocycles. The summed E-state index contributed by atoms with van der Waals surface area (Å²) in [5, 5.41) is 2.72. The lowest BCUT2D eigenvalue weighted by atomic mass is 10.2. The van der Waals surface area contributed by atoms with Crippen molar-refractivity contribution in [3.63, 3.8) is 0 Å². The number of rotatable bonds is 5. The molecule has 8 heteroatoms. The smallest absolute Gasteiger partial charge is 0.271 e. The van der Waals surface area contributed by atoms with E-state index in [0.717, 1.165) is 29.7 Å². The van der Waals surface area contributed by atoms with Crippen molar-refractivity contribution in [3.8, 4) is 0 Å². The van der Waals surface area contributed by atoms with Crippen molar-refractivity contribution in [1.29, 1.82) is 0 Å². The highest BCUT2D eigenvalue weighted by Gasteiger charge is 2.31. The molecule has 3 aromatic rings. The number of hydrogen-bond acceptors (Lipinski definition) is 5. The first-order valence-corrected chi connectivity index (χ1v) is 9.01. The summed E-state index contributed by atoms with van der Waals surface area (Å²) in [6.45, 7) is 0.968. The van der Waals surface area contributed by atoms with E-state index in [1.54, 1.807) is 0 Å². The van der Waals surface area contributed by atoms with E-state index in [1.807, 2.05) is 29.2 Å². The van der Waals surface area contributed by atoms with Gasteiger partial charge in [-0.2, -0.15) is 0 Å². The minimum atomic E-state index is -0.328. The minimum absolute atomic E-state index is 0.0115. The standard InChI is InChI=1S/C19H20N6O2/c26-17(7-8-22-19(27)15-12-20-9-10-21-15)25-11-3-6-16(25)18-23-13-4-1-2-5-14(13)24-18/h1-2,4-5,9-10,12,16H,3,6-8,11H2,(H,22,27)(H,23,24). The lowest BCUT2D eigenvalue weighted by molar-refractivity contribution is -0.132. The Bertz CT molecular complexity index is 922. The summed E-state index contributed by atoms with van der Waals surface area (Å²) >= 11 is 0. The normalized spacial score (nSPS) is 16.6. The average Bonchev–Trinajstić information content (AvgIpc) is 3.35. The van der Waals surface area contributed by atoms with Crippen molar-refractivity contribution in [1.82, 2.24) is 30.2 Å². The number of amides is 2. The van der Waals surface area contributed by atoms with Gasteiger partial charge in [-0.05, 0) is 25.0 Å². The Kier molecular flexibility index (Phi) is 4.78. The van der Waals surface area contributed by atoms with Crippen molar-refractivity contribution < 1.29 is 9.59 Å². The molecule has 2 amide bonds.